The van der Waals surface area contributed by atoms with Crippen molar-refractivity contribution in [2.24, 2.45) is 5.73 Å². The van der Waals surface area contributed by atoms with Gasteiger partial charge in [0.2, 0.25) is 5.91 Å². The average Bonchev–Trinajstić information content (AvgIpc) is 2.87. The van der Waals surface area contributed by atoms with Crippen LogP contribution < -0.4 is 5.73 Å². The molecule has 0 aliphatic heterocycles. The molecule has 2 aromatic heterocycles. The Hall–Kier alpha value is -2.29. The Morgan fingerprint density at radius 1 is 1.38 bits per heavy atom. The van der Waals surface area contributed by atoms with Crippen molar-refractivity contribution < 1.29 is 13.2 Å². The second-order valence-corrected chi connectivity index (χ2v) is 6.79. The number of primary amides is 1. The Kier molecular flexibility index (Phi) is 4.32. The maximum Gasteiger partial charge on any atom is 0.217 e. The Morgan fingerprint density at radius 3 is 2.71 bits per heavy atom. The van der Waals surface area contributed by atoms with Crippen LogP contribution in [0, 0.1) is 0 Å². The van der Waals surface area contributed by atoms with E-state index < -0.39 is 21.1 Å². The minimum Gasteiger partial charge on any atom is -0.370 e. The third-order valence-electron chi connectivity index (χ3n) is 2.89. The number of hydrogen-bond donors (Lipinski definition) is 1. The van der Waals surface area contributed by atoms with Gasteiger partial charge in [-0.25, -0.2) is 8.42 Å². The van der Waals surface area contributed by atoms with Crippen LogP contribution in [0.4, 0.5) is 0 Å². The number of rotatable bonds is 6. The van der Waals surface area contributed by atoms with Gasteiger partial charge in [-0.1, -0.05) is 0 Å². The summed E-state index contributed by atoms with van der Waals surface area (Å²) >= 11 is 0. The molecule has 0 saturated carbocycles. The average molecular weight is 309 g/mol. The fourth-order valence-electron chi connectivity index (χ4n) is 1.88. The quantitative estimate of drug-likeness (QED) is 0.810. The largest absolute Gasteiger partial charge is 0.370 e. The molecule has 0 radical (unpaired) electrons. The second-order valence-electron chi connectivity index (χ2n) is 4.59. The predicted molar refractivity (Wildman–Crippen MR) is 75.6 cm³/mol. The van der Waals surface area contributed by atoms with E-state index >= 15 is 0 Å². The van der Waals surface area contributed by atoms with E-state index in [1.807, 2.05) is 0 Å². The molecule has 1 unspecified atom stereocenters. The van der Waals surface area contributed by atoms with Crippen LogP contribution in [0.3, 0.4) is 0 Å². The van der Waals surface area contributed by atoms with E-state index in [1.165, 1.54) is 17.1 Å². The number of carbonyl (C=O) groups is 1. The molecule has 9 heteroatoms. The summed E-state index contributed by atoms with van der Waals surface area (Å²) in [6, 6.07) is 0. The smallest absolute Gasteiger partial charge is 0.217 e. The molecule has 1 amide bonds. The standard InChI is InChI=1S/C12H15N5O3S/c1-21(19,20)12(3-2-11(13)18)17-8-9(6-16-17)10-7-14-4-5-15-10/h4-8,12H,2-3H2,1H3,(H2,13,18). The summed E-state index contributed by atoms with van der Waals surface area (Å²) in [4.78, 5) is 18.9. The normalized spacial score (nSPS) is 13.0. The third kappa shape index (κ3) is 3.85. The maximum absolute atomic E-state index is 11.8. The Bertz CT molecular complexity index is 726. The summed E-state index contributed by atoms with van der Waals surface area (Å²) in [5, 5.41) is 3.12. The molecule has 0 aliphatic rings. The van der Waals surface area contributed by atoms with E-state index in [0.717, 1.165) is 6.26 Å². The highest BCUT2D eigenvalue weighted by Gasteiger charge is 2.24. The predicted octanol–water partition coefficient (Wildman–Crippen LogP) is 0.149. The molecule has 8 nitrogen and oxygen atoms in total. The number of nitrogens with zero attached hydrogens (tertiary/aromatic N) is 4. The lowest BCUT2D eigenvalue weighted by Gasteiger charge is -2.14. The summed E-state index contributed by atoms with van der Waals surface area (Å²) in [7, 11) is -3.43. The summed E-state index contributed by atoms with van der Waals surface area (Å²) in [5.41, 5.74) is 6.31. The van der Waals surface area contributed by atoms with Crippen LogP contribution in [-0.4, -0.2) is 40.3 Å². The van der Waals surface area contributed by atoms with Crippen LogP contribution in [0.5, 0.6) is 0 Å². The monoisotopic (exact) mass is 309 g/mol. The third-order valence-corrected chi connectivity index (χ3v) is 4.33. The first-order valence-electron chi connectivity index (χ1n) is 6.15. The van der Waals surface area contributed by atoms with Crippen molar-refractivity contribution >= 4 is 15.7 Å². The molecule has 2 rings (SSSR count). The second kappa shape index (κ2) is 6.00. The van der Waals surface area contributed by atoms with E-state index in [0.29, 0.717) is 11.3 Å². The van der Waals surface area contributed by atoms with E-state index in [9.17, 15) is 13.2 Å². The van der Waals surface area contributed by atoms with Crippen molar-refractivity contribution in [2.45, 2.75) is 18.2 Å². The molecule has 1 atom stereocenters. The van der Waals surface area contributed by atoms with Crippen molar-refractivity contribution in [3.8, 4) is 11.3 Å². The van der Waals surface area contributed by atoms with Gasteiger partial charge in [0, 0.05) is 36.8 Å². The first kappa shape index (κ1) is 15.1. The van der Waals surface area contributed by atoms with Gasteiger partial charge < -0.3 is 5.73 Å². The number of carbonyl (C=O) groups excluding carboxylic acids is 1. The molecule has 2 N–H and O–H groups in total. The highest BCUT2D eigenvalue weighted by Crippen LogP contribution is 2.23. The molecule has 21 heavy (non-hydrogen) atoms. The number of hydrogen-bond acceptors (Lipinski definition) is 6. The molecular weight excluding hydrogens is 294 g/mol. The van der Waals surface area contributed by atoms with Gasteiger partial charge >= 0.3 is 0 Å². The number of amides is 1. The van der Waals surface area contributed by atoms with Crippen molar-refractivity contribution in [3.63, 3.8) is 0 Å². The van der Waals surface area contributed by atoms with Crippen LogP contribution in [-0.2, 0) is 14.6 Å². The van der Waals surface area contributed by atoms with Crippen LogP contribution in [0.2, 0.25) is 0 Å². The molecule has 0 aromatic carbocycles. The molecule has 0 fully saturated rings. The molecule has 0 bridgehead atoms. The molecule has 0 spiro atoms. The van der Waals surface area contributed by atoms with Gasteiger partial charge in [-0.15, -0.1) is 0 Å². The minimum atomic E-state index is -3.43. The number of nitrogens with two attached hydrogens (primary N) is 1. The lowest BCUT2D eigenvalue weighted by atomic mass is 10.2. The topological polar surface area (TPSA) is 121 Å². The van der Waals surface area contributed by atoms with Crippen molar-refractivity contribution in [3.05, 3.63) is 31.0 Å². The molecule has 2 aromatic rings. The van der Waals surface area contributed by atoms with Crippen LogP contribution in [0.1, 0.15) is 18.2 Å². The van der Waals surface area contributed by atoms with Gasteiger partial charge in [-0.2, -0.15) is 5.10 Å². The van der Waals surface area contributed by atoms with Crippen molar-refractivity contribution in [2.75, 3.05) is 6.26 Å². The number of sulfone groups is 1. The minimum absolute atomic E-state index is 0.0297. The summed E-state index contributed by atoms with van der Waals surface area (Å²) < 4.78 is 25.0. The highest BCUT2D eigenvalue weighted by atomic mass is 32.2. The molecule has 0 saturated heterocycles. The zero-order valence-electron chi connectivity index (χ0n) is 11.4. The number of aromatic nitrogens is 4. The summed E-state index contributed by atoms with van der Waals surface area (Å²) in [5.74, 6) is -0.551. The summed E-state index contributed by atoms with van der Waals surface area (Å²) in [6.07, 6.45) is 8.85. The van der Waals surface area contributed by atoms with Gasteiger partial charge in [-0.3, -0.25) is 19.4 Å². The van der Waals surface area contributed by atoms with Crippen molar-refractivity contribution in [1.29, 1.82) is 0 Å². The Labute approximate surface area is 121 Å². The van der Waals surface area contributed by atoms with Gasteiger partial charge in [0.1, 0.15) is 0 Å². The first-order chi connectivity index (χ1) is 9.88. The zero-order valence-corrected chi connectivity index (χ0v) is 12.2. The van der Waals surface area contributed by atoms with Gasteiger partial charge in [-0.05, 0) is 6.42 Å². The first-order valence-corrected chi connectivity index (χ1v) is 8.11. The van der Waals surface area contributed by atoms with Crippen LogP contribution in [0.25, 0.3) is 11.3 Å². The highest BCUT2D eigenvalue weighted by molar-refractivity contribution is 7.90. The lowest BCUT2D eigenvalue weighted by molar-refractivity contribution is -0.118. The van der Waals surface area contributed by atoms with Crippen LogP contribution >= 0.6 is 0 Å². The Morgan fingerprint density at radius 2 is 2.14 bits per heavy atom. The molecular formula is C12H15N5O3S. The van der Waals surface area contributed by atoms with E-state index in [1.54, 1.807) is 18.6 Å². The van der Waals surface area contributed by atoms with E-state index in [4.69, 9.17) is 5.73 Å². The van der Waals surface area contributed by atoms with Crippen molar-refractivity contribution in [1.82, 2.24) is 19.7 Å². The fraction of sp³-hybridized carbons (Fsp3) is 0.333. The van der Waals surface area contributed by atoms with Gasteiger partial charge in [0.15, 0.2) is 15.2 Å². The lowest BCUT2D eigenvalue weighted by Crippen LogP contribution is -2.22. The maximum atomic E-state index is 11.8. The fourth-order valence-corrected chi connectivity index (χ4v) is 2.94. The van der Waals surface area contributed by atoms with Gasteiger partial charge in [0.05, 0.1) is 18.1 Å². The molecule has 0 aliphatic carbocycles. The van der Waals surface area contributed by atoms with E-state index in [-0.39, 0.29) is 12.8 Å². The molecule has 2 heterocycles. The van der Waals surface area contributed by atoms with E-state index in [2.05, 4.69) is 15.1 Å². The zero-order chi connectivity index (χ0) is 15.5. The SMILES string of the molecule is CS(=O)(=O)C(CCC(N)=O)n1cc(-c2cnccn2)cn1. The summed E-state index contributed by atoms with van der Waals surface area (Å²) in [6.45, 7) is 0. The van der Waals surface area contributed by atoms with Crippen LogP contribution in [0.15, 0.2) is 31.0 Å². The van der Waals surface area contributed by atoms with Gasteiger partial charge in [0.25, 0.3) is 0 Å². The molecule has 112 valence electrons. The Balaban J connectivity index is 2.30.